The molecule has 2 aromatic rings. The quantitative estimate of drug-likeness (QED) is 0.713. The number of nitrogens with zero attached hydrogens (tertiary/aromatic N) is 2. The van der Waals surface area contributed by atoms with Gasteiger partial charge in [-0.3, -0.25) is 4.79 Å². The fraction of sp³-hybridized carbons (Fsp3) is 0.400. The van der Waals surface area contributed by atoms with E-state index in [-0.39, 0.29) is 6.54 Å². The molecule has 6 nitrogen and oxygen atoms in total. The summed E-state index contributed by atoms with van der Waals surface area (Å²) in [5, 5.41) is 4.04. The van der Waals surface area contributed by atoms with Crippen LogP contribution in [0, 0.1) is 6.92 Å². The van der Waals surface area contributed by atoms with Crippen molar-refractivity contribution in [2.75, 3.05) is 6.54 Å². The van der Waals surface area contributed by atoms with Gasteiger partial charge in [-0.25, -0.2) is 18.4 Å². The third-order valence-corrected chi connectivity index (χ3v) is 5.81. The van der Waals surface area contributed by atoms with Crippen molar-refractivity contribution in [3.63, 3.8) is 0 Å². The molecule has 0 aliphatic rings. The molecule has 0 saturated carbocycles. The number of hydrogen-bond acceptors (Lipinski definition) is 6. The van der Waals surface area contributed by atoms with E-state index < -0.39 is 31.8 Å². The number of pyridine rings is 1. The largest absolute Gasteiger partial charge is 0.503 e. The van der Waals surface area contributed by atoms with E-state index in [9.17, 15) is 26.4 Å². The summed E-state index contributed by atoms with van der Waals surface area (Å²) in [6.07, 6.45) is 2.93. The highest BCUT2D eigenvalue weighted by Gasteiger charge is 2.49. The van der Waals surface area contributed by atoms with Crippen LogP contribution in [0.4, 0.5) is 13.2 Å². The number of amides is 1. The summed E-state index contributed by atoms with van der Waals surface area (Å²) in [4.78, 5) is 19.6. The van der Waals surface area contributed by atoms with Gasteiger partial charge in [0.25, 0.3) is 15.7 Å². The molecule has 0 fully saturated rings. The summed E-state index contributed by atoms with van der Waals surface area (Å²) in [5.74, 6) is -0.911. The molecule has 11 heteroatoms. The summed E-state index contributed by atoms with van der Waals surface area (Å²) < 4.78 is 61.2. The third-order valence-electron chi connectivity index (χ3n) is 3.34. The van der Waals surface area contributed by atoms with Crippen molar-refractivity contribution in [3.8, 4) is 0 Å². The van der Waals surface area contributed by atoms with E-state index in [0.717, 1.165) is 35.8 Å². The molecule has 2 heterocycles. The zero-order valence-corrected chi connectivity index (χ0v) is 15.3. The van der Waals surface area contributed by atoms with Crippen LogP contribution in [0.15, 0.2) is 28.7 Å². The van der Waals surface area contributed by atoms with E-state index in [1.807, 2.05) is 12.3 Å². The number of halogens is 3. The van der Waals surface area contributed by atoms with Crippen molar-refractivity contribution in [2.24, 2.45) is 0 Å². The Morgan fingerprint density at radius 2 is 2.04 bits per heavy atom. The van der Waals surface area contributed by atoms with Gasteiger partial charge in [0, 0.05) is 23.8 Å². The van der Waals surface area contributed by atoms with Crippen LogP contribution in [0.1, 0.15) is 33.9 Å². The maximum absolute atomic E-state index is 12.7. The number of thiazole rings is 1. The minimum Gasteiger partial charge on any atom is -0.352 e. The van der Waals surface area contributed by atoms with E-state index >= 15 is 0 Å². The van der Waals surface area contributed by atoms with Crippen LogP contribution in [-0.4, -0.2) is 36.3 Å². The second-order valence-electron chi connectivity index (χ2n) is 5.40. The predicted octanol–water partition coefficient (Wildman–Crippen LogP) is 2.89. The number of aryl methyl sites for hydroxylation is 2. The Labute approximate surface area is 152 Å². The molecule has 2 aromatic heterocycles. The minimum atomic E-state index is -5.70. The first-order valence-electron chi connectivity index (χ1n) is 7.58. The number of aromatic nitrogens is 2. The van der Waals surface area contributed by atoms with Crippen LogP contribution in [0.25, 0.3) is 0 Å². The van der Waals surface area contributed by atoms with Gasteiger partial charge in [-0.1, -0.05) is 0 Å². The number of alkyl halides is 3. The van der Waals surface area contributed by atoms with Crippen molar-refractivity contribution in [1.82, 2.24) is 15.3 Å². The molecular weight excluding hydrogens is 391 g/mol. The number of carbonyl (C=O) groups excluding carboxylic acids is 1. The van der Waals surface area contributed by atoms with E-state index in [1.165, 1.54) is 17.4 Å². The summed E-state index contributed by atoms with van der Waals surface area (Å²) in [5.41, 5.74) is -5.21. The zero-order chi connectivity index (χ0) is 19.4. The number of carbonyl (C=O) groups is 1. The maximum Gasteiger partial charge on any atom is 0.503 e. The van der Waals surface area contributed by atoms with Gasteiger partial charge in [0.05, 0.1) is 10.6 Å². The van der Waals surface area contributed by atoms with Crippen molar-refractivity contribution >= 4 is 27.1 Å². The fourth-order valence-corrected chi connectivity index (χ4v) is 3.79. The lowest BCUT2D eigenvalue weighted by molar-refractivity contribution is -0.0438. The van der Waals surface area contributed by atoms with Crippen LogP contribution < -0.4 is 5.32 Å². The maximum atomic E-state index is 12.7. The van der Waals surface area contributed by atoms with Gasteiger partial charge < -0.3 is 5.32 Å². The summed E-state index contributed by atoms with van der Waals surface area (Å²) in [6, 6.07) is 2.20. The van der Waals surface area contributed by atoms with Crippen molar-refractivity contribution in [2.45, 2.75) is 36.7 Å². The van der Waals surface area contributed by atoms with Crippen LogP contribution >= 0.6 is 11.3 Å². The molecule has 0 aliphatic carbocycles. The second-order valence-corrected chi connectivity index (χ2v) is 8.20. The Morgan fingerprint density at radius 1 is 1.31 bits per heavy atom. The van der Waals surface area contributed by atoms with Gasteiger partial charge in [-0.15, -0.1) is 11.3 Å². The highest BCUT2D eigenvalue weighted by Crippen LogP contribution is 2.30. The van der Waals surface area contributed by atoms with E-state index in [2.05, 4.69) is 15.3 Å². The molecule has 1 N–H and O–H groups in total. The first-order chi connectivity index (χ1) is 12.1. The number of sulfone groups is 1. The number of unbranched alkanes of at least 4 members (excludes halogenated alkanes) is 1. The van der Waals surface area contributed by atoms with Crippen LogP contribution in [0.2, 0.25) is 0 Å². The molecule has 0 unspecified atom stereocenters. The standard InChI is InChI=1S/C15H16F3N3O3S2/c1-10-9-25-12(21-10)6-2-3-7-19-13(22)11-5-4-8-20-14(11)26(23,24)15(16,17)18/h4-5,8-9H,2-3,6-7H2,1H3,(H,19,22). The van der Waals surface area contributed by atoms with E-state index in [4.69, 9.17) is 0 Å². The molecule has 1 amide bonds. The van der Waals surface area contributed by atoms with E-state index in [0.29, 0.717) is 6.42 Å². The fourth-order valence-electron chi connectivity index (χ4n) is 2.10. The molecular formula is C15H16F3N3O3S2. The molecule has 2 rings (SSSR count). The van der Waals surface area contributed by atoms with E-state index in [1.54, 1.807) is 0 Å². The van der Waals surface area contributed by atoms with Crippen molar-refractivity contribution in [1.29, 1.82) is 0 Å². The molecule has 0 saturated heterocycles. The Kier molecular flexibility index (Phi) is 6.34. The smallest absolute Gasteiger partial charge is 0.352 e. The van der Waals surface area contributed by atoms with Crippen LogP contribution in [0.3, 0.4) is 0 Å². The normalized spacial score (nSPS) is 12.2. The molecule has 26 heavy (non-hydrogen) atoms. The number of hydrogen-bond donors (Lipinski definition) is 1. The predicted molar refractivity (Wildman–Crippen MR) is 89.6 cm³/mol. The van der Waals surface area contributed by atoms with Gasteiger partial charge in [-0.2, -0.15) is 13.2 Å². The molecule has 142 valence electrons. The summed E-state index contributed by atoms with van der Waals surface area (Å²) in [6.45, 7) is 2.09. The third kappa shape index (κ3) is 4.79. The molecule has 0 atom stereocenters. The lowest BCUT2D eigenvalue weighted by Crippen LogP contribution is -2.30. The zero-order valence-electron chi connectivity index (χ0n) is 13.7. The lowest BCUT2D eigenvalue weighted by atomic mass is 10.2. The number of nitrogens with one attached hydrogen (secondary N) is 1. The highest BCUT2D eigenvalue weighted by atomic mass is 32.2. The molecule has 0 spiro atoms. The van der Waals surface area contributed by atoms with Gasteiger partial charge in [-0.05, 0) is 38.3 Å². The lowest BCUT2D eigenvalue weighted by Gasteiger charge is -2.11. The Balaban J connectivity index is 1.96. The summed E-state index contributed by atoms with van der Waals surface area (Å²) in [7, 11) is -5.70. The van der Waals surface area contributed by atoms with Crippen molar-refractivity contribution < 1.29 is 26.4 Å². The Hall–Kier alpha value is -2.01. The highest BCUT2D eigenvalue weighted by molar-refractivity contribution is 7.92. The average molecular weight is 407 g/mol. The Bertz CT molecular complexity index is 880. The van der Waals surface area contributed by atoms with Crippen LogP contribution in [-0.2, 0) is 16.3 Å². The monoisotopic (exact) mass is 407 g/mol. The topological polar surface area (TPSA) is 89.0 Å². The van der Waals surface area contributed by atoms with Gasteiger partial charge in [0.2, 0.25) is 0 Å². The minimum absolute atomic E-state index is 0.198. The molecule has 0 aliphatic heterocycles. The first kappa shape index (κ1) is 20.3. The first-order valence-corrected chi connectivity index (χ1v) is 9.95. The molecule has 0 radical (unpaired) electrons. The van der Waals surface area contributed by atoms with Gasteiger partial charge in [0.1, 0.15) is 0 Å². The van der Waals surface area contributed by atoms with Crippen LogP contribution in [0.5, 0.6) is 0 Å². The SMILES string of the molecule is Cc1csc(CCCCNC(=O)c2cccnc2S(=O)(=O)C(F)(F)F)n1. The van der Waals surface area contributed by atoms with Gasteiger partial charge >= 0.3 is 5.51 Å². The number of rotatable bonds is 7. The second kappa shape index (κ2) is 8.12. The average Bonchev–Trinajstić information content (AvgIpc) is 2.98. The molecule has 0 aromatic carbocycles. The van der Waals surface area contributed by atoms with Crippen molar-refractivity contribution in [3.05, 3.63) is 40.0 Å². The Morgan fingerprint density at radius 3 is 2.65 bits per heavy atom. The molecule has 0 bridgehead atoms. The summed E-state index contributed by atoms with van der Waals surface area (Å²) >= 11 is 1.54. The van der Waals surface area contributed by atoms with Gasteiger partial charge in [0.15, 0.2) is 5.03 Å².